The van der Waals surface area contributed by atoms with E-state index in [0.29, 0.717) is 13.2 Å². The van der Waals surface area contributed by atoms with Crippen molar-refractivity contribution < 1.29 is 19.2 Å². The highest BCUT2D eigenvalue weighted by Gasteiger charge is 2.19. The third kappa shape index (κ3) is 6.20. The van der Waals surface area contributed by atoms with E-state index in [9.17, 15) is 9.59 Å². The Labute approximate surface area is 143 Å². The molecule has 0 saturated heterocycles. The molecule has 1 fully saturated rings. The Balaban J connectivity index is 1.71. The van der Waals surface area contributed by atoms with Crippen molar-refractivity contribution in [2.24, 2.45) is 0 Å². The van der Waals surface area contributed by atoms with Gasteiger partial charge in [-0.1, -0.05) is 12.8 Å². The number of carbonyl (C=O) groups is 2. The summed E-state index contributed by atoms with van der Waals surface area (Å²) >= 11 is 0. The van der Waals surface area contributed by atoms with Crippen LogP contribution in [0.1, 0.15) is 38.2 Å². The number of hydrogen-bond donors (Lipinski definition) is 3. The maximum Gasteiger partial charge on any atom is 0.321 e. The molecule has 2 rings (SSSR count). The molecule has 24 heavy (non-hydrogen) atoms. The van der Waals surface area contributed by atoms with Crippen molar-refractivity contribution in [3.63, 3.8) is 0 Å². The summed E-state index contributed by atoms with van der Waals surface area (Å²) in [6.45, 7) is 3.57. The highest BCUT2D eigenvalue weighted by Crippen LogP contribution is 2.17. The Morgan fingerprint density at radius 2 is 1.88 bits per heavy atom. The second kappa shape index (κ2) is 9.27. The highest BCUT2D eigenvalue weighted by atomic mass is 16.5. The molecule has 1 aliphatic carbocycles. The third-order valence-corrected chi connectivity index (χ3v) is 4.15. The molecule has 0 heterocycles. The minimum Gasteiger partial charge on any atom is -0.494 e. The third-order valence-electron chi connectivity index (χ3n) is 4.15. The van der Waals surface area contributed by atoms with Crippen LogP contribution in [0.3, 0.4) is 0 Å². The average Bonchev–Trinajstić information content (AvgIpc) is 3.01. The van der Waals surface area contributed by atoms with Crippen LogP contribution in [0.2, 0.25) is 0 Å². The first kappa shape index (κ1) is 18.3. The Hall–Kier alpha value is -2.08. The van der Waals surface area contributed by atoms with Gasteiger partial charge < -0.3 is 15.0 Å². The number of ether oxygens (including phenoxy) is 1. The lowest BCUT2D eigenvalue weighted by Crippen LogP contribution is -3.09. The van der Waals surface area contributed by atoms with Gasteiger partial charge in [0.1, 0.15) is 12.3 Å². The van der Waals surface area contributed by atoms with E-state index in [4.69, 9.17) is 4.74 Å². The lowest BCUT2D eigenvalue weighted by atomic mass is 10.2. The van der Waals surface area contributed by atoms with Crippen molar-refractivity contribution in [3.05, 3.63) is 29.8 Å². The molecule has 1 unspecified atom stereocenters. The number of nitrogens with one attached hydrogen (secondary N) is 3. The molecular formula is C18H28N3O3+. The van der Waals surface area contributed by atoms with Crippen molar-refractivity contribution in [1.82, 2.24) is 10.6 Å². The zero-order chi connectivity index (χ0) is 17.4. The largest absolute Gasteiger partial charge is 0.494 e. The fourth-order valence-electron chi connectivity index (χ4n) is 3.02. The highest BCUT2D eigenvalue weighted by molar-refractivity contribution is 5.94. The van der Waals surface area contributed by atoms with Crippen LogP contribution in [0.25, 0.3) is 0 Å². The van der Waals surface area contributed by atoms with E-state index in [2.05, 4.69) is 10.6 Å². The minimum atomic E-state index is -0.374. The molecule has 0 spiro atoms. The minimum absolute atomic E-state index is 0.215. The van der Waals surface area contributed by atoms with Gasteiger partial charge in [0.05, 0.1) is 13.7 Å². The van der Waals surface area contributed by atoms with Crippen molar-refractivity contribution >= 4 is 11.9 Å². The van der Waals surface area contributed by atoms with E-state index >= 15 is 0 Å². The predicted octanol–water partition coefficient (Wildman–Crippen LogP) is 0.868. The van der Waals surface area contributed by atoms with E-state index in [1.165, 1.54) is 0 Å². The first-order valence-electron chi connectivity index (χ1n) is 8.70. The van der Waals surface area contributed by atoms with E-state index < -0.39 is 0 Å². The van der Waals surface area contributed by atoms with Crippen LogP contribution < -0.4 is 20.3 Å². The molecule has 1 saturated carbocycles. The summed E-state index contributed by atoms with van der Waals surface area (Å²) in [7, 11) is 1.94. The Bertz CT molecular complexity index is 539. The SMILES string of the molecule is CCOc1ccc(C[NH+](C)CC(=O)NC(=O)NC2CCCC2)cc1. The van der Waals surface area contributed by atoms with Crippen LogP contribution in [0.4, 0.5) is 4.79 Å². The number of imide groups is 1. The summed E-state index contributed by atoms with van der Waals surface area (Å²) in [5.74, 6) is 0.592. The number of amides is 3. The van der Waals surface area contributed by atoms with E-state index in [0.717, 1.165) is 41.9 Å². The molecule has 6 nitrogen and oxygen atoms in total. The number of quaternary nitrogens is 1. The lowest BCUT2D eigenvalue weighted by Gasteiger charge is -2.15. The Kier molecular flexibility index (Phi) is 7.06. The van der Waals surface area contributed by atoms with Gasteiger partial charge in [-0.25, -0.2) is 4.79 Å². The van der Waals surface area contributed by atoms with Gasteiger partial charge >= 0.3 is 6.03 Å². The van der Waals surface area contributed by atoms with Crippen molar-refractivity contribution in [3.8, 4) is 5.75 Å². The Morgan fingerprint density at radius 1 is 1.21 bits per heavy atom. The van der Waals surface area contributed by atoms with Crippen LogP contribution in [0.5, 0.6) is 5.75 Å². The topological polar surface area (TPSA) is 71.9 Å². The quantitative estimate of drug-likeness (QED) is 0.693. The number of benzene rings is 1. The molecule has 1 aromatic rings. The van der Waals surface area contributed by atoms with E-state index in [1.54, 1.807) is 0 Å². The molecule has 0 aromatic heterocycles. The smallest absolute Gasteiger partial charge is 0.321 e. The summed E-state index contributed by atoms with van der Waals surface area (Å²) < 4.78 is 5.41. The summed E-state index contributed by atoms with van der Waals surface area (Å²) in [6, 6.07) is 7.70. The van der Waals surface area contributed by atoms with Gasteiger partial charge in [0.2, 0.25) is 0 Å². The molecule has 1 aliphatic rings. The van der Waals surface area contributed by atoms with Crippen molar-refractivity contribution in [2.75, 3.05) is 20.2 Å². The van der Waals surface area contributed by atoms with Gasteiger partial charge in [-0.05, 0) is 44.0 Å². The average molecular weight is 334 g/mol. The van der Waals surface area contributed by atoms with Gasteiger partial charge in [-0.2, -0.15) is 0 Å². The first-order valence-corrected chi connectivity index (χ1v) is 8.70. The van der Waals surface area contributed by atoms with Crippen molar-refractivity contribution in [1.29, 1.82) is 0 Å². The second-order valence-electron chi connectivity index (χ2n) is 6.39. The number of carbonyl (C=O) groups excluding carboxylic acids is 2. The standard InChI is InChI=1S/C18H27N3O3/c1-3-24-16-10-8-14(9-11-16)12-21(2)13-17(22)20-18(23)19-15-6-4-5-7-15/h8-11,15H,3-7,12-13H2,1-2H3,(H2,19,20,22,23)/p+1. The molecule has 0 bridgehead atoms. The van der Waals surface area contributed by atoms with Crippen LogP contribution in [-0.4, -0.2) is 38.2 Å². The predicted molar refractivity (Wildman–Crippen MR) is 92.0 cm³/mol. The molecule has 3 N–H and O–H groups in total. The van der Waals surface area contributed by atoms with Gasteiger partial charge in [-0.15, -0.1) is 0 Å². The second-order valence-corrected chi connectivity index (χ2v) is 6.39. The molecule has 1 aromatic carbocycles. The molecule has 0 radical (unpaired) electrons. The number of hydrogen-bond acceptors (Lipinski definition) is 3. The molecule has 0 aliphatic heterocycles. The molecule has 3 amide bonds. The molecule has 132 valence electrons. The monoisotopic (exact) mass is 334 g/mol. The maximum atomic E-state index is 12.0. The first-order chi connectivity index (χ1) is 11.6. The fraction of sp³-hybridized carbons (Fsp3) is 0.556. The number of rotatable bonds is 7. The van der Waals surface area contributed by atoms with Gasteiger partial charge in [0.15, 0.2) is 6.54 Å². The van der Waals surface area contributed by atoms with Crippen LogP contribution in [-0.2, 0) is 11.3 Å². The van der Waals surface area contributed by atoms with Gasteiger partial charge in [0.25, 0.3) is 5.91 Å². The molecule has 6 heteroatoms. The fourth-order valence-corrected chi connectivity index (χ4v) is 3.02. The Morgan fingerprint density at radius 3 is 2.50 bits per heavy atom. The zero-order valence-electron chi connectivity index (χ0n) is 14.6. The van der Waals surface area contributed by atoms with E-state index in [-0.39, 0.29) is 24.5 Å². The summed E-state index contributed by atoms with van der Waals surface area (Å²) in [5.41, 5.74) is 1.12. The molecule has 1 atom stereocenters. The molecular weight excluding hydrogens is 306 g/mol. The van der Waals surface area contributed by atoms with E-state index in [1.807, 2.05) is 38.2 Å². The summed E-state index contributed by atoms with van der Waals surface area (Å²) in [4.78, 5) is 24.8. The summed E-state index contributed by atoms with van der Waals surface area (Å²) in [5, 5.41) is 5.28. The van der Waals surface area contributed by atoms with Gasteiger partial charge in [0, 0.05) is 11.6 Å². The van der Waals surface area contributed by atoms with Gasteiger partial charge in [-0.3, -0.25) is 10.1 Å². The van der Waals surface area contributed by atoms with Crippen molar-refractivity contribution in [2.45, 2.75) is 45.2 Å². The normalized spacial score (nSPS) is 15.8. The lowest BCUT2D eigenvalue weighted by molar-refractivity contribution is -0.885. The van der Waals surface area contributed by atoms with Crippen LogP contribution >= 0.6 is 0 Å². The zero-order valence-corrected chi connectivity index (χ0v) is 14.6. The number of urea groups is 1. The van der Waals surface area contributed by atoms with Crippen LogP contribution in [0.15, 0.2) is 24.3 Å². The number of likely N-dealkylation sites (N-methyl/N-ethyl adjacent to an activating group) is 1. The summed E-state index contributed by atoms with van der Waals surface area (Å²) in [6.07, 6.45) is 4.30. The maximum absolute atomic E-state index is 12.0. The van der Waals surface area contributed by atoms with Crippen LogP contribution in [0, 0.1) is 0 Å².